The highest BCUT2D eigenvalue weighted by molar-refractivity contribution is 4.37. The smallest absolute Gasteiger partial charge is 0.135 e. The van der Waals surface area contributed by atoms with Crippen molar-refractivity contribution < 1.29 is 19.5 Å². The first-order chi connectivity index (χ1) is 5.16. The molecule has 0 aliphatic rings. The third-order valence-corrected chi connectivity index (χ3v) is 1.89. The van der Waals surface area contributed by atoms with Crippen LogP contribution in [0.3, 0.4) is 0 Å². The maximum Gasteiger partial charge on any atom is 0.184 e. The van der Waals surface area contributed by atoms with Crippen molar-refractivity contribution in [3.8, 4) is 0 Å². The van der Waals surface area contributed by atoms with E-state index in [0.717, 1.165) is 6.42 Å². The first-order valence-electron chi connectivity index (χ1n) is 3.72. The van der Waals surface area contributed by atoms with E-state index in [1.807, 2.05) is 6.92 Å². The van der Waals surface area contributed by atoms with E-state index >= 15 is 0 Å². The number of quaternary nitrogens is 1. The van der Waals surface area contributed by atoms with Gasteiger partial charge in [-0.15, -0.1) is 14.5 Å². The lowest BCUT2D eigenvalue weighted by atomic mass is 10.3. The number of hydroxylamine groups is 3. The Bertz CT molecular complexity index is 95.6. The lowest BCUT2D eigenvalue weighted by molar-refractivity contribution is -1.37. The van der Waals surface area contributed by atoms with Crippen LogP contribution >= 0.6 is 0 Å². The van der Waals surface area contributed by atoms with E-state index in [0.29, 0.717) is 0 Å². The molecule has 0 aliphatic carbocycles. The molecule has 68 valence electrons. The van der Waals surface area contributed by atoms with Gasteiger partial charge in [0, 0.05) is 6.42 Å². The zero-order valence-corrected chi connectivity index (χ0v) is 7.96. The van der Waals surface area contributed by atoms with Gasteiger partial charge in [0.05, 0.1) is 4.97 Å². The Morgan fingerprint density at radius 2 is 1.45 bits per heavy atom. The molecule has 0 saturated heterocycles. The summed E-state index contributed by atoms with van der Waals surface area (Å²) in [5, 5.41) is 0. The van der Waals surface area contributed by atoms with E-state index in [1.165, 1.54) is 0 Å². The van der Waals surface area contributed by atoms with Gasteiger partial charge in [0.15, 0.2) is 6.04 Å². The summed E-state index contributed by atoms with van der Waals surface area (Å²) >= 11 is 0. The second-order valence-electron chi connectivity index (χ2n) is 2.34. The van der Waals surface area contributed by atoms with Crippen LogP contribution in [0.5, 0.6) is 0 Å². The summed E-state index contributed by atoms with van der Waals surface area (Å²) in [6.07, 6.45) is 0.926. The molecule has 0 N–H and O–H groups in total. The largest absolute Gasteiger partial charge is 0.184 e. The van der Waals surface area contributed by atoms with Gasteiger partial charge >= 0.3 is 0 Å². The minimum Gasteiger partial charge on any atom is -0.135 e. The van der Waals surface area contributed by atoms with Crippen LogP contribution in [-0.4, -0.2) is 32.3 Å². The molecule has 4 heteroatoms. The molecule has 0 aromatic rings. The Hall–Kier alpha value is -0.160. The highest BCUT2D eigenvalue weighted by Crippen LogP contribution is 2.16. The second kappa shape index (κ2) is 4.66. The predicted octanol–water partition coefficient (Wildman–Crippen LogP) is 1.29. The third kappa shape index (κ3) is 2.13. The topological polar surface area (TPSA) is 27.7 Å². The van der Waals surface area contributed by atoms with Crippen LogP contribution in [0.1, 0.15) is 20.3 Å². The van der Waals surface area contributed by atoms with Crippen LogP contribution in [0.2, 0.25) is 0 Å². The average Bonchev–Trinajstić information content (AvgIpc) is 2.08. The van der Waals surface area contributed by atoms with Gasteiger partial charge in [0.2, 0.25) is 0 Å². The quantitative estimate of drug-likeness (QED) is 0.452. The third-order valence-electron chi connectivity index (χ3n) is 1.89. The molecule has 0 bridgehead atoms. The maximum absolute atomic E-state index is 5.08. The molecule has 0 spiro atoms. The number of hydrogen-bond acceptors (Lipinski definition) is 3. The SMILES string of the molecule is CCC(C)[N+](OC)(OC)OC. The Morgan fingerprint density at radius 1 is 1.09 bits per heavy atom. The van der Waals surface area contributed by atoms with Crippen LogP contribution in [0.15, 0.2) is 0 Å². The molecule has 0 radical (unpaired) electrons. The zero-order chi connectivity index (χ0) is 8.91. The summed E-state index contributed by atoms with van der Waals surface area (Å²) < 4.78 is 0. The number of nitrogens with zero attached hydrogens (tertiary/aromatic N) is 1. The molecule has 4 nitrogen and oxygen atoms in total. The highest BCUT2D eigenvalue weighted by atomic mass is 17.2. The summed E-state index contributed by atoms with van der Waals surface area (Å²) in [6.45, 7) is 4.05. The van der Waals surface area contributed by atoms with Gasteiger partial charge in [-0.2, -0.15) is 0 Å². The average molecular weight is 164 g/mol. The molecule has 0 saturated carbocycles. The summed E-state index contributed by atoms with van der Waals surface area (Å²) in [5.41, 5.74) is 0. The normalized spacial score (nSPS) is 15.0. The van der Waals surface area contributed by atoms with E-state index in [-0.39, 0.29) is 11.0 Å². The molecular weight excluding hydrogens is 146 g/mol. The van der Waals surface area contributed by atoms with Crippen molar-refractivity contribution in [1.29, 1.82) is 0 Å². The predicted molar refractivity (Wildman–Crippen MR) is 41.0 cm³/mol. The Balaban J connectivity index is 4.26. The van der Waals surface area contributed by atoms with Crippen molar-refractivity contribution in [3.63, 3.8) is 0 Å². The second-order valence-corrected chi connectivity index (χ2v) is 2.34. The molecule has 0 rings (SSSR count). The first-order valence-corrected chi connectivity index (χ1v) is 3.72. The van der Waals surface area contributed by atoms with Gasteiger partial charge in [0.1, 0.15) is 21.3 Å². The summed E-state index contributed by atoms with van der Waals surface area (Å²) in [6, 6.07) is 0.162. The number of hydrogen-bond donors (Lipinski definition) is 0. The van der Waals surface area contributed by atoms with Crippen molar-refractivity contribution in [3.05, 3.63) is 0 Å². The molecule has 11 heavy (non-hydrogen) atoms. The molecular formula is C7H18NO3+. The Labute approximate surface area is 68.1 Å². The summed E-state index contributed by atoms with van der Waals surface area (Å²) in [5.74, 6) is 0. The summed E-state index contributed by atoms with van der Waals surface area (Å²) in [7, 11) is 4.66. The Morgan fingerprint density at radius 3 is 1.55 bits per heavy atom. The van der Waals surface area contributed by atoms with Crippen LogP contribution in [-0.2, 0) is 14.5 Å². The van der Waals surface area contributed by atoms with E-state index in [2.05, 4.69) is 6.92 Å². The molecule has 0 aromatic heterocycles. The Kier molecular flexibility index (Phi) is 4.60. The van der Waals surface area contributed by atoms with Gasteiger partial charge in [-0.05, 0) is 6.92 Å². The van der Waals surface area contributed by atoms with Crippen molar-refractivity contribution in [1.82, 2.24) is 0 Å². The summed E-state index contributed by atoms with van der Waals surface area (Å²) in [4.78, 5) is 15.0. The van der Waals surface area contributed by atoms with Crippen molar-refractivity contribution >= 4 is 0 Å². The molecule has 0 heterocycles. The van der Waals surface area contributed by atoms with E-state index in [1.54, 1.807) is 21.3 Å². The van der Waals surface area contributed by atoms with Gasteiger partial charge in [-0.1, -0.05) is 6.92 Å². The fourth-order valence-electron chi connectivity index (χ4n) is 0.987. The van der Waals surface area contributed by atoms with Gasteiger partial charge in [-0.3, -0.25) is 0 Å². The van der Waals surface area contributed by atoms with Crippen molar-refractivity contribution in [2.75, 3.05) is 21.3 Å². The van der Waals surface area contributed by atoms with Crippen LogP contribution < -0.4 is 0 Å². The van der Waals surface area contributed by atoms with Crippen LogP contribution in [0.4, 0.5) is 0 Å². The van der Waals surface area contributed by atoms with Crippen LogP contribution in [0, 0.1) is 0 Å². The highest BCUT2D eigenvalue weighted by Gasteiger charge is 2.37. The number of rotatable bonds is 5. The van der Waals surface area contributed by atoms with Crippen molar-refractivity contribution in [2.45, 2.75) is 26.3 Å². The first kappa shape index (κ1) is 10.8. The zero-order valence-electron chi connectivity index (χ0n) is 7.96. The van der Waals surface area contributed by atoms with Gasteiger partial charge in [-0.25, -0.2) is 0 Å². The maximum atomic E-state index is 5.08. The molecule has 0 aliphatic heterocycles. The fraction of sp³-hybridized carbons (Fsp3) is 1.00. The molecule has 0 fully saturated rings. The van der Waals surface area contributed by atoms with Gasteiger partial charge in [0.25, 0.3) is 0 Å². The molecule has 1 unspecified atom stereocenters. The van der Waals surface area contributed by atoms with E-state index in [4.69, 9.17) is 14.5 Å². The standard InChI is InChI=1S/C7H18NO3/c1-6-7(2)8(9-3,10-4)11-5/h7H,6H2,1-5H3/q+1. The molecule has 0 amide bonds. The van der Waals surface area contributed by atoms with E-state index < -0.39 is 0 Å². The van der Waals surface area contributed by atoms with Gasteiger partial charge < -0.3 is 0 Å². The van der Waals surface area contributed by atoms with Crippen molar-refractivity contribution in [2.24, 2.45) is 0 Å². The fourth-order valence-corrected chi connectivity index (χ4v) is 0.987. The minimum atomic E-state index is -0.212. The molecule has 0 aromatic carbocycles. The lowest BCUT2D eigenvalue weighted by Crippen LogP contribution is -2.51. The monoisotopic (exact) mass is 164 g/mol. The molecule has 1 atom stereocenters. The van der Waals surface area contributed by atoms with E-state index in [9.17, 15) is 0 Å². The van der Waals surface area contributed by atoms with Crippen LogP contribution in [0.25, 0.3) is 0 Å². The minimum absolute atomic E-state index is 0.162. The lowest BCUT2D eigenvalue weighted by Gasteiger charge is -2.29.